The molecule has 1 fully saturated rings. The average Bonchev–Trinajstić information content (AvgIpc) is 2.68. The van der Waals surface area contributed by atoms with Gasteiger partial charge in [0, 0.05) is 11.7 Å². The molecule has 1 aliphatic rings. The van der Waals surface area contributed by atoms with E-state index >= 15 is 0 Å². The first-order chi connectivity index (χ1) is 8.54. The van der Waals surface area contributed by atoms with Crippen molar-refractivity contribution in [2.24, 2.45) is 0 Å². The van der Waals surface area contributed by atoms with Crippen LogP contribution in [0.25, 0.3) is 0 Å². The summed E-state index contributed by atoms with van der Waals surface area (Å²) in [5.74, 6) is 0.320. The van der Waals surface area contributed by atoms with Crippen molar-refractivity contribution in [2.75, 3.05) is 16.8 Å². The van der Waals surface area contributed by atoms with Crippen LogP contribution in [0.4, 0.5) is 5.69 Å². The van der Waals surface area contributed by atoms with Gasteiger partial charge in [-0.2, -0.15) is 10.5 Å². The quantitative estimate of drug-likeness (QED) is 0.858. The van der Waals surface area contributed by atoms with E-state index < -0.39 is 9.84 Å². The van der Waals surface area contributed by atoms with E-state index in [1.165, 1.54) is 0 Å². The van der Waals surface area contributed by atoms with Gasteiger partial charge in [-0.1, -0.05) is 0 Å². The smallest absolute Gasteiger partial charge is 0.152 e. The van der Waals surface area contributed by atoms with Gasteiger partial charge in [-0.15, -0.1) is 0 Å². The zero-order chi connectivity index (χ0) is 13.2. The Hall–Kier alpha value is -2.05. The van der Waals surface area contributed by atoms with Crippen molar-refractivity contribution in [1.82, 2.24) is 0 Å². The largest absolute Gasteiger partial charge is 0.381 e. The number of hydrogen-bond donors (Lipinski definition) is 1. The number of benzene rings is 1. The standard InChI is InChI=1S/C12H11N3O2S/c13-6-9-1-2-11(5-10(9)7-14)15-12-3-4-18(16,17)8-12/h1-2,5,12,15H,3-4,8H2. The summed E-state index contributed by atoms with van der Waals surface area (Å²) in [6, 6.07) is 8.58. The lowest BCUT2D eigenvalue weighted by Gasteiger charge is -2.12. The number of nitrogens with zero attached hydrogens (tertiary/aromatic N) is 2. The van der Waals surface area contributed by atoms with Crippen molar-refractivity contribution in [3.8, 4) is 12.1 Å². The summed E-state index contributed by atoms with van der Waals surface area (Å²) >= 11 is 0. The molecule has 0 bridgehead atoms. The first kappa shape index (κ1) is 12.4. The van der Waals surface area contributed by atoms with Crippen molar-refractivity contribution in [3.63, 3.8) is 0 Å². The van der Waals surface area contributed by atoms with Crippen LogP contribution in [0.2, 0.25) is 0 Å². The highest BCUT2D eigenvalue weighted by Crippen LogP contribution is 2.20. The van der Waals surface area contributed by atoms with Crippen LogP contribution in [0, 0.1) is 22.7 Å². The number of sulfone groups is 1. The Morgan fingerprint density at radius 1 is 1.22 bits per heavy atom. The Morgan fingerprint density at radius 2 is 1.94 bits per heavy atom. The molecular formula is C12H11N3O2S. The summed E-state index contributed by atoms with van der Waals surface area (Å²) in [5, 5.41) is 20.8. The third-order valence-electron chi connectivity index (χ3n) is 2.86. The fourth-order valence-electron chi connectivity index (χ4n) is 1.97. The van der Waals surface area contributed by atoms with Crippen LogP contribution in [0.5, 0.6) is 0 Å². The molecule has 0 spiro atoms. The molecule has 92 valence electrons. The van der Waals surface area contributed by atoms with E-state index in [0.29, 0.717) is 23.2 Å². The minimum atomic E-state index is -2.92. The van der Waals surface area contributed by atoms with Gasteiger partial charge in [0.05, 0.1) is 22.6 Å². The molecule has 1 aliphatic heterocycles. The second-order valence-electron chi connectivity index (χ2n) is 4.23. The normalized spacial score (nSPS) is 20.9. The van der Waals surface area contributed by atoms with Gasteiger partial charge in [-0.3, -0.25) is 0 Å². The lowest BCUT2D eigenvalue weighted by molar-refractivity contribution is 0.602. The summed E-state index contributed by atoms with van der Waals surface area (Å²) < 4.78 is 22.6. The number of hydrogen-bond acceptors (Lipinski definition) is 5. The van der Waals surface area contributed by atoms with Gasteiger partial charge in [0.1, 0.15) is 12.1 Å². The van der Waals surface area contributed by atoms with E-state index in [-0.39, 0.29) is 17.5 Å². The Kier molecular flexibility index (Phi) is 3.22. The fourth-order valence-corrected chi connectivity index (χ4v) is 3.64. The van der Waals surface area contributed by atoms with Crippen LogP contribution in [-0.4, -0.2) is 26.0 Å². The third kappa shape index (κ3) is 2.61. The molecule has 1 saturated heterocycles. The van der Waals surface area contributed by atoms with E-state index in [1.807, 2.05) is 12.1 Å². The van der Waals surface area contributed by atoms with Crippen LogP contribution < -0.4 is 5.32 Å². The molecule has 1 atom stereocenters. The number of rotatable bonds is 2. The Morgan fingerprint density at radius 3 is 2.50 bits per heavy atom. The fraction of sp³-hybridized carbons (Fsp3) is 0.333. The minimum Gasteiger partial charge on any atom is -0.381 e. The predicted molar refractivity (Wildman–Crippen MR) is 66.6 cm³/mol. The van der Waals surface area contributed by atoms with Gasteiger partial charge in [0.15, 0.2) is 9.84 Å². The van der Waals surface area contributed by atoms with Gasteiger partial charge < -0.3 is 5.32 Å². The van der Waals surface area contributed by atoms with E-state index in [2.05, 4.69) is 5.32 Å². The first-order valence-corrected chi connectivity index (χ1v) is 7.27. The highest BCUT2D eigenvalue weighted by molar-refractivity contribution is 7.91. The number of anilines is 1. The van der Waals surface area contributed by atoms with Gasteiger partial charge in [0.2, 0.25) is 0 Å². The molecule has 1 aromatic carbocycles. The SMILES string of the molecule is N#Cc1ccc(NC2CCS(=O)(=O)C2)cc1C#N. The van der Waals surface area contributed by atoms with Crippen LogP contribution in [-0.2, 0) is 9.84 Å². The average molecular weight is 261 g/mol. The summed E-state index contributed by atoms with van der Waals surface area (Å²) in [4.78, 5) is 0. The zero-order valence-electron chi connectivity index (χ0n) is 9.55. The molecule has 1 N–H and O–H groups in total. The van der Waals surface area contributed by atoms with Crippen molar-refractivity contribution in [3.05, 3.63) is 29.3 Å². The summed E-state index contributed by atoms with van der Waals surface area (Å²) in [6.07, 6.45) is 0.574. The predicted octanol–water partition coefficient (Wildman–Crippen LogP) is 1.03. The van der Waals surface area contributed by atoms with Crippen molar-refractivity contribution in [2.45, 2.75) is 12.5 Å². The monoisotopic (exact) mass is 261 g/mol. The second-order valence-corrected chi connectivity index (χ2v) is 6.46. The molecule has 2 rings (SSSR count). The Bertz CT molecular complexity index is 653. The molecule has 1 heterocycles. The maximum Gasteiger partial charge on any atom is 0.152 e. The molecule has 0 aliphatic carbocycles. The van der Waals surface area contributed by atoms with E-state index in [9.17, 15) is 8.42 Å². The van der Waals surface area contributed by atoms with Gasteiger partial charge >= 0.3 is 0 Å². The maximum absolute atomic E-state index is 11.3. The topological polar surface area (TPSA) is 93.8 Å². The molecule has 0 radical (unpaired) electrons. The number of nitriles is 2. The number of nitrogens with one attached hydrogen (secondary N) is 1. The van der Waals surface area contributed by atoms with Crippen LogP contribution >= 0.6 is 0 Å². The molecule has 6 heteroatoms. The molecule has 0 saturated carbocycles. The van der Waals surface area contributed by atoms with E-state index in [0.717, 1.165) is 0 Å². The molecule has 0 amide bonds. The van der Waals surface area contributed by atoms with Gasteiger partial charge in [-0.05, 0) is 24.6 Å². The molecule has 0 aromatic heterocycles. The molecular weight excluding hydrogens is 250 g/mol. The molecule has 18 heavy (non-hydrogen) atoms. The lowest BCUT2D eigenvalue weighted by Crippen LogP contribution is -2.20. The minimum absolute atomic E-state index is 0.116. The van der Waals surface area contributed by atoms with Crippen LogP contribution in [0.3, 0.4) is 0 Å². The zero-order valence-corrected chi connectivity index (χ0v) is 10.4. The van der Waals surface area contributed by atoms with E-state index in [1.54, 1.807) is 18.2 Å². The lowest BCUT2D eigenvalue weighted by atomic mass is 10.1. The summed E-state index contributed by atoms with van der Waals surface area (Å²) in [7, 11) is -2.92. The first-order valence-electron chi connectivity index (χ1n) is 5.45. The van der Waals surface area contributed by atoms with Crippen molar-refractivity contribution in [1.29, 1.82) is 10.5 Å². The van der Waals surface area contributed by atoms with E-state index in [4.69, 9.17) is 10.5 Å². The van der Waals surface area contributed by atoms with Crippen molar-refractivity contribution < 1.29 is 8.42 Å². The third-order valence-corrected chi connectivity index (χ3v) is 4.63. The molecule has 1 aromatic rings. The second kappa shape index (κ2) is 4.67. The van der Waals surface area contributed by atoms with Crippen LogP contribution in [0.15, 0.2) is 18.2 Å². The van der Waals surface area contributed by atoms with Gasteiger partial charge in [-0.25, -0.2) is 8.42 Å². The molecule has 1 unspecified atom stereocenters. The van der Waals surface area contributed by atoms with Crippen molar-refractivity contribution >= 4 is 15.5 Å². The molecule has 5 nitrogen and oxygen atoms in total. The highest BCUT2D eigenvalue weighted by atomic mass is 32.2. The van der Waals surface area contributed by atoms with Crippen LogP contribution in [0.1, 0.15) is 17.5 Å². The Balaban J connectivity index is 2.17. The maximum atomic E-state index is 11.3. The summed E-state index contributed by atoms with van der Waals surface area (Å²) in [5.41, 5.74) is 1.29. The highest BCUT2D eigenvalue weighted by Gasteiger charge is 2.27. The Labute approximate surface area is 106 Å². The van der Waals surface area contributed by atoms with Gasteiger partial charge in [0.25, 0.3) is 0 Å². The summed E-state index contributed by atoms with van der Waals surface area (Å²) in [6.45, 7) is 0.